The molecule has 0 radical (unpaired) electrons. The molecule has 32 heavy (non-hydrogen) atoms. The molecule has 2 aromatic carbocycles. The van der Waals surface area contributed by atoms with Gasteiger partial charge in [-0.05, 0) is 42.8 Å². The summed E-state index contributed by atoms with van der Waals surface area (Å²) in [5.74, 6) is 1.38. The Morgan fingerprint density at radius 2 is 1.91 bits per heavy atom. The number of carbonyl (C=O) groups is 1. The third-order valence-corrected chi connectivity index (χ3v) is 7.39. The first-order valence-corrected chi connectivity index (χ1v) is 11.8. The number of ether oxygens (including phenoxy) is 1. The number of hydrogen-bond acceptors (Lipinski definition) is 7. The molecule has 0 amide bonds. The van der Waals surface area contributed by atoms with Gasteiger partial charge in [-0.15, -0.1) is 5.10 Å². The third-order valence-electron chi connectivity index (χ3n) is 5.97. The number of anilines is 1. The van der Waals surface area contributed by atoms with E-state index in [0.717, 1.165) is 48.2 Å². The lowest BCUT2D eigenvalue weighted by Crippen LogP contribution is -2.50. The van der Waals surface area contributed by atoms with Crippen molar-refractivity contribution in [1.29, 1.82) is 0 Å². The number of piperazine rings is 1. The van der Waals surface area contributed by atoms with Gasteiger partial charge in [0, 0.05) is 36.9 Å². The second-order valence-electron chi connectivity index (χ2n) is 7.95. The molecule has 0 N–H and O–H groups in total. The summed E-state index contributed by atoms with van der Waals surface area (Å²) in [6, 6.07) is 15.9. The smallest absolute Gasteiger partial charge is 0.264 e. The fraction of sp³-hybridized carbons (Fsp3) is 0.348. The molecule has 0 aliphatic carbocycles. The van der Waals surface area contributed by atoms with Crippen LogP contribution in [0, 0.1) is 6.92 Å². The number of hydrogen-bond donors (Lipinski definition) is 0. The molecule has 3 aromatic rings. The summed E-state index contributed by atoms with van der Waals surface area (Å²) in [5.41, 5.74) is 2.19. The maximum atomic E-state index is 13.3. The Hall–Kier alpha value is -2.55. The van der Waals surface area contributed by atoms with Gasteiger partial charge >= 0.3 is 0 Å². The number of methoxy groups -OCH3 is 1. The molecule has 3 heterocycles. The van der Waals surface area contributed by atoms with Gasteiger partial charge in [0.05, 0.1) is 13.2 Å². The molecule has 1 saturated heterocycles. The summed E-state index contributed by atoms with van der Waals surface area (Å²) < 4.78 is 6.93. The van der Waals surface area contributed by atoms with E-state index in [1.54, 1.807) is 7.11 Å². The molecular formula is C23H24ClN5O2S. The van der Waals surface area contributed by atoms with Crippen LogP contribution in [0.3, 0.4) is 0 Å². The van der Waals surface area contributed by atoms with E-state index in [2.05, 4.69) is 32.0 Å². The van der Waals surface area contributed by atoms with Crippen LogP contribution in [0.2, 0.25) is 5.02 Å². The van der Waals surface area contributed by atoms with Crippen molar-refractivity contribution in [2.75, 3.05) is 38.2 Å². The average molecular weight is 470 g/mol. The Morgan fingerprint density at radius 3 is 2.62 bits per heavy atom. The first-order valence-electron chi connectivity index (χ1n) is 10.6. The Kier molecular flexibility index (Phi) is 5.84. The first kappa shape index (κ1) is 21.3. The van der Waals surface area contributed by atoms with Crippen LogP contribution in [0.15, 0.2) is 53.7 Å². The summed E-state index contributed by atoms with van der Waals surface area (Å²) in [6.45, 7) is 5.17. The third kappa shape index (κ3) is 3.98. The summed E-state index contributed by atoms with van der Waals surface area (Å²) in [7, 11) is 1.66. The van der Waals surface area contributed by atoms with E-state index in [9.17, 15) is 4.79 Å². The van der Waals surface area contributed by atoms with Gasteiger partial charge < -0.3 is 9.64 Å². The summed E-state index contributed by atoms with van der Waals surface area (Å²) >= 11 is 7.70. The molecule has 9 heteroatoms. The van der Waals surface area contributed by atoms with Crippen molar-refractivity contribution in [2.24, 2.45) is 0 Å². The Bertz CT molecular complexity index is 1140. The van der Waals surface area contributed by atoms with Gasteiger partial charge in [-0.25, -0.2) is 4.98 Å². The fourth-order valence-electron chi connectivity index (χ4n) is 4.43. The van der Waals surface area contributed by atoms with Crippen molar-refractivity contribution >= 4 is 35.0 Å². The molecule has 7 nitrogen and oxygen atoms in total. The van der Waals surface area contributed by atoms with Crippen molar-refractivity contribution < 1.29 is 9.53 Å². The molecule has 1 unspecified atom stereocenters. The number of benzene rings is 2. The second-order valence-corrected chi connectivity index (χ2v) is 9.50. The van der Waals surface area contributed by atoms with Gasteiger partial charge in [-0.2, -0.15) is 4.68 Å². The van der Waals surface area contributed by atoms with Crippen molar-refractivity contribution in [3.63, 3.8) is 0 Å². The number of aromatic nitrogens is 3. The van der Waals surface area contributed by atoms with E-state index in [4.69, 9.17) is 16.3 Å². The average Bonchev–Trinajstić information content (AvgIpc) is 3.31. The zero-order chi connectivity index (χ0) is 22.2. The van der Waals surface area contributed by atoms with E-state index >= 15 is 0 Å². The molecule has 1 fully saturated rings. The van der Waals surface area contributed by atoms with Gasteiger partial charge in [0.15, 0.2) is 5.16 Å². The lowest BCUT2D eigenvalue weighted by Gasteiger charge is -2.41. The fourth-order valence-corrected chi connectivity index (χ4v) is 5.92. The molecule has 166 valence electrons. The quantitative estimate of drug-likeness (QED) is 0.561. The number of fused-ring (bicyclic) bond motifs is 1. The van der Waals surface area contributed by atoms with Gasteiger partial charge in [0.2, 0.25) is 0 Å². The Labute approximate surface area is 196 Å². The number of rotatable bonds is 5. The van der Waals surface area contributed by atoms with E-state index < -0.39 is 0 Å². The molecule has 2 aliphatic heterocycles. The molecule has 2 aliphatic rings. The number of carbonyl (C=O) groups excluding carboxylic acids is 1. The number of aryl methyl sites for hydroxylation is 1. The van der Waals surface area contributed by atoms with Crippen LogP contribution < -0.4 is 9.64 Å². The van der Waals surface area contributed by atoms with Crippen molar-refractivity contribution in [3.05, 3.63) is 64.9 Å². The molecule has 0 bridgehead atoms. The van der Waals surface area contributed by atoms with Crippen LogP contribution >= 0.6 is 23.4 Å². The largest absolute Gasteiger partial charge is 0.497 e. The normalized spacial score (nSPS) is 19.8. The van der Waals surface area contributed by atoms with Crippen LogP contribution in [-0.4, -0.2) is 64.1 Å². The minimum Gasteiger partial charge on any atom is -0.497 e. The lowest BCUT2D eigenvalue weighted by atomic mass is 9.99. The Morgan fingerprint density at radius 1 is 1.12 bits per heavy atom. The molecule has 1 aromatic heterocycles. The van der Waals surface area contributed by atoms with Gasteiger partial charge in [-0.3, -0.25) is 9.69 Å². The van der Waals surface area contributed by atoms with Crippen LogP contribution in [-0.2, 0) is 0 Å². The highest BCUT2D eigenvalue weighted by Crippen LogP contribution is 2.42. The highest BCUT2D eigenvalue weighted by atomic mass is 35.5. The summed E-state index contributed by atoms with van der Waals surface area (Å²) in [6.07, 6.45) is 0. The van der Waals surface area contributed by atoms with Crippen LogP contribution in [0.4, 0.5) is 5.69 Å². The van der Waals surface area contributed by atoms with Crippen LogP contribution in [0.1, 0.15) is 22.2 Å². The van der Waals surface area contributed by atoms with Gasteiger partial charge in [0.25, 0.3) is 5.91 Å². The van der Waals surface area contributed by atoms with Crippen molar-refractivity contribution in [2.45, 2.75) is 23.4 Å². The number of halogens is 1. The highest BCUT2D eigenvalue weighted by molar-refractivity contribution is 8.00. The second kappa shape index (κ2) is 8.77. The predicted octanol–water partition coefficient (Wildman–Crippen LogP) is 3.93. The maximum Gasteiger partial charge on any atom is 0.264 e. The van der Waals surface area contributed by atoms with E-state index in [0.29, 0.717) is 11.0 Å². The molecule has 0 spiro atoms. The minimum absolute atomic E-state index is 0.0179. The van der Waals surface area contributed by atoms with E-state index in [-0.39, 0.29) is 17.2 Å². The zero-order valence-corrected chi connectivity index (χ0v) is 19.5. The topological polar surface area (TPSA) is 63.5 Å². The van der Waals surface area contributed by atoms with Crippen molar-refractivity contribution in [1.82, 2.24) is 19.7 Å². The van der Waals surface area contributed by atoms with Gasteiger partial charge in [-0.1, -0.05) is 41.6 Å². The highest BCUT2D eigenvalue weighted by Gasteiger charge is 2.43. The lowest BCUT2D eigenvalue weighted by molar-refractivity contribution is 0.0830. The number of nitrogens with zero attached hydrogens (tertiary/aromatic N) is 5. The monoisotopic (exact) mass is 469 g/mol. The maximum absolute atomic E-state index is 13.3. The van der Waals surface area contributed by atoms with Gasteiger partial charge in [0.1, 0.15) is 16.8 Å². The molecule has 5 rings (SSSR count). The molecule has 0 saturated carbocycles. The van der Waals surface area contributed by atoms with Crippen LogP contribution in [0.5, 0.6) is 5.75 Å². The molecule has 2 atom stereocenters. The number of thioether (sulfide) groups is 1. The van der Waals surface area contributed by atoms with E-state index in [1.807, 2.05) is 43.3 Å². The van der Waals surface area contributed by atoms with Crippen LogP contribution in [0.25, 0.3) is 0 Å². The SMILES string of the molecule is COc1cccc([C@H](C2Sc3nc(C)nn3C2=O)N2CCN(c3cccc(Cl)c3)CC2)c1. The summed E-state index contributed by atoms with van der Waals surface area (Å²) in [4.78, 5) is 22.5. The predicted molar refractivity (Wildman–Crippen MR) is 126 cm³/mol. The first-order chi connectivity index (χ1) is 15.5. The van der Waals surface area contributed by atoms with E-state index in [1.165, 1.54) is 16.4 Å². The van der Waals surface area contributed by atoms with Crippen molar-refractivity contribution in [3.8, 4) is 5.75 Å². The zero-order valence-electron chi connectivity index (χ0n) is 17.9. The standard InChI is InChI=1S/C23H24ClN5O2S/c1-15-25-23-29(26-15)22(30)21(32-23)20(16-5-3-8-19(13-16)31-2)28-11-9-27(10-12-28)18-7-4-6-17(24)14-18/h3-8,13-14,20-21H,9-12H2,1-2H3/t20-,21?/m1/s1. The molecular weight excluding hydrogens is 446 g/mol. The Balaban J connectivity index is 1.42. The minimum atomic E-state index is -0.310. The summed E-state index contributed by atoms with van der Waals surface area (Å²) in [5, 5.41) is 5.41.